The largest absolute Gasteiger partial charge is 0.395 e. The highest BCUT2D eigenvalue weighted by atomic mass is 32.2. The molecule has 23 heavy (non-hydrogen) atoms. The summed E-state index contributed by atoms with van der Waals surface area (Å²) in [5.74, 6) is -0.631. The van der Waals surface area contributed by atoms with Crippen LogP contribution in [-0.4, -0.2) is 45.8 Å². The first-order valence-corrected chi connectivity index (χ1v) is 8.19. The summed E-state index contributed by atoms with van der Waals surface area (Å²) in [5.41, 5.74) is 1.03. The summed E-state index contributed by atoms with van der Waals surface area (Å²) in [6.45, 7) is -0.123. The molecule has 7 heteroatoms. The number of hydrogen-bond acceptors (Lipinski definition) is 5. The fraction of sp³-hybridized carbons (Fsp3) is 0.188. The molecule has 0 radical (unpaired) electrons. The molecule has 5 nitrogen and oxygen atoms in total. The van der Waals surface area contributed by atoms with Gasteiger partial charge in [0.2, 0.25) is 5.91 Å². The van der Waals surface area contributed by atoms with Gasteiger partial charge in [0.25, 0.3) is 5.91 Å². The normalized spacial score (nSPS) is 16.6. The number of thioether (sulfide) groups is 1. The highest BCUT2D eigenvalue weighted by Crippen LogP contribution is 2.30. The Bertz CT molecular complexity index is 657. The Morgan fingerprint density at radius 3 is 2.78 bits per heavy atom. The van der Waals surface area contributed by atoms with E-state index in [9.17, 15) is 9.59 Å². The second-order valence-corrected chi connectivity index (χ2v) is 6.31. The van der Waals surface area contributed by atoms with Gasteiger partial charge in [-0.15, -0.1) is 0 Å². The van der Waals surface area contributed by atoms with E-state index in [1.54, 1.807) is 12.2 Å². The molecule has 0 unspecified atom stereocenters. The van der Waals surface area contributed by atoms with Crippen LogP contribution in [0.15, 0.2) is 47.4 Å². The molecule has 1 fully saturated rings. The van der Waals surface area contributed by atoms with Crippen molar-refractivity contribution in [3.8, 4) is 0 Å². The van der Waals surface area contributed by atoms with Gasteiger partial charge in [-0.1, -0.05) is 66.5 Å². The number of thiocarbonyl (C=S) groups is 1. The lowest BCUT2D eigenvalue weighted by Crippen LogP contribution is -2.40. The van der Waals surface area contributed by atoms with Crippen LogP contribution in [0.4, 0.5) is 0 Å². The van der Waals surface area contributed by atoms with Crippen LogP contribution in [0, 0.1) is 0 Å². The van der Waals surface area contributed by atoms with Gasteiger partial charge < -0.3 is 10.4 Å². The van der Waals surface area contributed by atoms with Crippen molar-refractivity contribution in [2.75, 3.05) is 19.7 Å². The zero-order chi connectivity index (χ0) is 16.7. The Hall–Kier alpha value is -1.96. The van der Waals surface area contributed by atoms with Crippen LogP contribution in [0.1, 0.15) is 5.56 Å². The third-order valence-electron chi connectivity index (χ3n) is 2.95. The first-order valence-electron chi connectivity index (χ1n) is 6.96. The topological polar surface area (TPSA) is 69.6 Å². The first kappa shape index (κ1) is 17.4. The molecule has 0 atom stereocenters. The smallest absolute Gasteiger partial charge is 0.266 e. The first-order chi connectivity index (χ1) is 11.1. The van der Waals surface area contributed by atoms with Crippen molar-refractivity contribution < 1.29 is 14.7 Å². The summed E-state index contributed by atoms with van der Waals surface area (Å²) in [5, 5.41) is 11.2. The van der Waals surface area contributed by atoms with Crippen molar-refractivity contribution in [3.63, 3.8) is 0 Å². The fourth-order valence-electron chi connectivity index (χ4n) is 1.86. The van der Waals surface area contributed by atoms with Gasteiger partial charge in [-0.25, -0.2) is 0 Å². The van der Waals surface area contributed by atoms with Crippen LogP contribution in [0.3, 0.4) is 0 Å². The Balaban J connectivity index is 1.99. The maximum absolute atomic E-state index is 12.3. The van der Waals surface area contributed by atoms with E-state index in [-0.39, 0.29) is 31.5 Å². The predicted molar refractivity (Wildman–Crippen MR) is 95.6 cm³/mol. The van der Waals surface area contributed by atoms with Crippen LogP contribution >= 0.6 is 24.0 Å². The minimum atomic E-state index is -0.351. The molecule has 0 aromatic heterocycles. The number of allylic oxidation sites excluding steroid dienone is 2. The van der Waals surface area contributed by atoms with E-state index >= 15 is 0 Å². The van der Waals surface area contributed by atoms with E-state index in [4.69, 9.17) is 17.3 Å². The lowest BCUT2D eigenvalue weighted by atomic mass is 10.2. The van der Waals surface area contributed by atoms with Gasteiger partial charge in [-0.2, -0.15) is 0 Å². The summed E-state index contributed by atoms with van der Waals surface area (Å²) in [6, 6.07) is 9.72. The van der Waals surface area contributed by atoms with E-state index in [0.29, 0.717) is 9.23 Å². The fourth-order valence-corrected chi connectivity index (χ4v) is 3.06. The molecule has 2 rings (SSSR count). The van der Waals surface area contributed by atoms with Gasteiger partial charge in [0, 0.05) is 6.54 Å². The minimum Gasteiger partial charge on any atom is -0.395 e. The molecule has 1 aliphatic heterocycles. The standard InChI is InChI=1S/C16H16N2O3S2/c19-10-9-17-14(20)11-18-15(21)13(23-16(18)22)8-4-7-12-5-2-1-3-6-12/h1-8,19H,9-11H2,(H,17,20)/b7-4+,13-8-. The quantitative estimate of drug-likeness (QED) is 0.603. The van der Waals surface area contributed by atoms with Gasteiger partial charge in [0.05, 0.1) is 11.5 Å². The number of aliphatic hydroxyl groups is 1. The van der Waals surface area contributed by atoms with Crippen molar-refractivity contribution in [1.82, 2.24) is 10.2 Å². The van der Waals surface area contributed by atoms with E-state index in [2.05, 4.69) is 5.32 Å². The number of aliphatic hydroxyl groups excluding tert-OH is 1. The van der Waals surface area contributed by atoms with Gasteiger partial charge in [0.1, 0.15) is 10.9 Å². The van der Waals surface area contributed by atoms with Crippen molar-refractivity contribution in [2.24, 2.45) is 0 Å². The van der Waals surface area contributed by atoms with Crippen molar-refractivity contribution >= 4 is 46.2 Å². The van der Waals surface area contributed by atoms with Gasteiger partial charge in [-0.3, -0.25) is 14.5 Å². The molecule has 1 aliphatic rings. The molecule has 2 amide bonds. The summed E-state index contributed by atoms with van der Waals surface area (Å²) in [6.07, 6.45) is 5.37. The highest BCUT2D eigenvalue weighted by molar-refractivity contribution is 8.26. The van der Waals surface area contributed by atoms with Crippen LogP contribution in [0.5, 0.6) is 0 Å². The van der Waals surface area contributed by atoms with Crippen molar-refractivity contribution in [2.45, 2.75) is 0 Å². The van der Waals surface area contributed by atoms with Crippen molar-refractivity contribution in [1.29, 1.82) is 0 Å². The molecule has 1 heterocycles. The van der Waals surface area contributed by atoms with E-state index < -0.39 is 0 Å². The number of rotatable bonds is 6. The molecule has 1 aromatic rings. The van der Waals surface area contributed by atoms with E-state index in [0.717, 1.165) is 5.56 Å². The molecule has 1 aromatic carbocycles. The highest BCUT2D eigenvalue weighted by Gasteiger charge is 2.32. The second kappa shape index (κ2) is 8.61. The van der Waals surface area contributed by atoms with Gasteiger partial charge in [-0.05, 0) is 11.6 Å². The van der Waals surface area contributed by atoms with Crippen LogP contribution in [0.25, 0.3) is 6.08 Å². The number of nitrogens with one attached hydrogen (secondary N) is 1. The maximum Gasteiger partial charge on any atom is 0.266 e. The number of nitrogens with zero attached hydrogens (tertiary/aromatic N) is 1. The average molecular weight is 348 g/mol. The van der Waals surface area contributed by atoms with Crippen LogP contribution < -0.4 is 5.32 Å². The number of hydrogen-bond donors (Lipinski definition) is 2. The number of amides is 2. The maximum atomic E-state index is 12.3. The molecule has 120 valence electrons. The van der Waals surface area contributed by atoms with Gasteiger partial charge >= 0.3 is 0 Å². The lowest BCUT2D eigenvalue weighted by Gasteiger charge is -2.13. The monoisotopic (exact) mass is 348 g/mol. The SMILES string of the molecule is O=C(CN1C(=O)/C(=C/C=C/c2ccccc2)SC1=S)NCCO. The molecule has 0 saturated carbocycles. The van der Waals surface area contributed by atoms with E-state index in [1.807, 2.05) is 36.4 Å². The number of benzene rings is 1. The Labute approximate surface area is 144 Å². The summed E-state index contributed by atoms with van der Waals surface area (Å²) < 4.78 is 0.355. The molecular weight excluding hydrogens is 332 g/mol. The Morgan fingerprint density at radius 2 is 2.09 bits per heavy atom. The average Bonchev–Trinajstić information content (AvgIpc) is 2.81. The number of carbonyl (C=O) groups is 2. The van der Waals surface area contributed by atoms with Crippen LogP contribution in [0.2, 0.25) is 0 Å². The Morgan fingerprint density at radius 1 is 1.35 bits per heavy atom. The van der Waals surface area contributed by atoms with E-state index in [1.165, 1.54) is 16.7 Å². The number of carbonyl (C=O) groups excluding carboxylic acids is 2. The lowest BCUT2D eigenvalue weighted by molar-refractivity contribution is -0.128. The predicted octanol–water partition coefficient (Wildman–Crippen LogP) is 1.55. The minimum absolute atomic E-state index is 0.135. The van der Waals surface area contributed by atoms with Crippen LogP contribution in [-0.2, 0) is 9.59 Å². The summed E-state index contributed by atoms with van der Waals surface area (Å²) in [7, 11) is 0. The molecule has 0 spiro atoms. The molecule has 0 bridgehead atoms. The second-order valence-electron chi connectivity index (χ2n) is 4.63. The molecule has 1 saturated heterocycles. The molecular formula is C16H16N2O3S2. The Kier molecular flexibility index (Phi) is 6.52. The third kappa shape index (κ3) is 5.02. The summed E-state index contributed by atoms with van der Waals surface area (Å²) >= 11 is 6.31. The molecule has 2 N–H and O–H groups in total. The van der Waals surface area contributed by atoms with Crippen molar-refractivity contribution in [3.05, 3.63) is 53.0 Å². The third-order valence-corrected chi connectivity index (χ3v) is 4.34. The molecule has 0 aliphatic carbocycles. The summed E-state index contributed by atoms with van der Waals surface area (Å²) in [4.78, 5) is 25.6. The van der Waals surface area contributed by atoms with Gasteiger partial charge in [0.15, 0.2) is 0 Å². The zero-order valence-corrected chi connectivity index (χ0v) is 13.9. The zero-order valence-electron chi connectivity index (χ0n) is 12.3.